The number of benzene rings is 1. The van der Waals surface area contributed by atoms with E-state index in [1.165, 1.54) is 0 Å². The Labute approximate surface area is 124 Å². The Balaban J connectivity index is 2.53. The summed E-state index contributed by atoms with van der Waals surface area (Å²) in [5, 5.41) is 17.4. The van der Waals surface area contributed by atoms with E-state index in [0.717, 1.165) is 11.1 Å². The quantitative estimate of drug-likeness (QED) is 0.740. The molecule has 2 rings (SSSR count). The molecule has 0 atom stereocenters. The molecule has 108 valence electrons. The van der Waals surface area contributed by atoms with Gasteiger partial charge in [-0.15, -0.1) is 0 Å². The summed E-state index contributed by atoms with van der Waals surface area (Å²) >= 11 is 0. The molecule has 1 aliphatic rings. The van der Waals surface area contributed by atoms with Crippen molar-refractivity contribution in [3.8, 4) is 23.7 Å². The molecule has 21 heavy (non-hydrogen) atoms. The molecule has 0 bridgehead atoms. The second-order valence-electron chi connectivity index (χ2n) is 4.47. The number of aliphatic hydroxyl groups excluding tert-OH is 2. The van der Waals surface area contributed by atoms with E-state index in [0.29, 0.717) is 11.1 Å². The van der Waals surface area contributed by atoms with Gasteiger partial charge in [0.05, 0.1) is 11.5 Å². The summed E-state index contributed by atoms with van der Waals surface area (Å²) in [6.07, 6.45) is 3.25. The molecular formula is C16H14O4S. The summed E-state index contributed by atoms with van der Waals surface area (Å²) in [4.78, 5) is 0. The molecule has 1 aromatic rings. The minimum atomic E-state index is -3.11. The van der Waals surface area contributed by atoms with E-state index in [4.69, 9.17) is 10.2 Å². The van der Waals surface area contributed by atoms with Crippen LogP contribution in [-0.2, 0) is 21.3 Å². The van der Waals surface area contributed by atoms with Crippen molar-refractivity contribution in [2.24, 2.45) is 0 Å². The highest BCUT2D eigenvalue weighted by Crippen LogP contribution is 2.30. The molecule has 0 radical (unpaired) electrons. The van der Waals surface area contributed by atoms with Crippen molar-refractivity contribution in [2.75, 3.05) is 13.2 Å². The van der Waals surface area contributed by atoms with Gasteiger partial charge in [0.15, 0.2) is 9.84 Å². The van der Waals surface area contributed by atoms with Crippen molar-refractivity contribution in [1.82, 2.24) is 0 Å². The lowest BCUT2D eigenvalue weighted by molar-refractivity contribution is 0.350. The number of allylic oxidation sites excluding steroid dienone is 1. The third kappa shape index (κ3) is 3.74. The largest absolute Gasteiger partial charge is 0.384 e. The topological polar surface area (TPSA) is 74.6 Å². The van der Waals surface area contributed by atoms with Gasteiger partial charge >= 0.3 is 0 Å². The highest BCUT2D eigenvalue weighted by Gasteiger charge is 2.27. The van der Waals surface area contributed by atoms with E-state index in [1.54, 1.807) is 24.3 Å². The van der Waals surface area contributed by atoms with Crippen LogP contribution in [0.25, 0.3) is 6.08 Å². The summed E-state index contributed by atoms with van der Waals surface area (Å²) in [5.41, 5.74) is 2.88. The maximum absolute atomic E-state index is 11.8. The number of hydrogen-bond donors (Lipinski definition) is 2. The Morgan fingerprint density at radius 3 is 2.62 bits per heavy atom. The Bertz CT molecular complexity index is 796. The lowest BCUT2D eigenvalue weighted by atomic mass is 9.97. The molecule has 5 heteroatoms. The van der Waals surface area contributed by atoms with E-state index in [-0.39, 0.29) is 24.7 Å². The van der Waals surface area contributed by atoms with Crippen molar-refractivity contribution in [1.29, 1.82) is 0 Å². The van der Waals surface area contributed by atoms with Crippen molar-refractivity contribution < 1.29 is 18.6 Å². The molecule has 1 aliphatic heterocycles. The van der Waals surface area contributed by atoms with Gasteiger partial charge in [-0.3, -0.25) is 0 Å². The van der Waals surface area contributed by atoms with Gasteiger partial charge in [0.25, 0.3) is 0 Å². The third-order valence-corrected chi connectivity index (χ3v) is 4.49. The molecule has 0 unspecified atom stereocenters. The van der Waals surface area contributed by atoms with Crippen LogP contribution in [-0.4, -0.2) is 31.8 Å². The Hall–Kier alpha value is -2.05. The van der Waals surface area contributed by atoms with Crippen LogP contribution in [0.3, 0.4) is 0 Å². The normalized spacial score (nSPS) is 15.0. The number of sulfone groups is 1. The Morgan fingerprint density at radius 2 is 1.90 bits per heavy atom. The molecule has 0 aromatic heterocycles. The van der Waals surface area contributed by atoms with Crippen LogP contribution in [0.2, 0.25) is 0 Å². The molecule has 0 aliphatic carbocycles. The monoisotopic (exact) mass is 302 g/mol. The summed E-state index contributed by atoms with van der Waals surface area (Å²) in [6, 6.07) is 3.51. The second-order valence-corrected chi connectivity index (χ2v) is 6.53. The van der Waals surface area contributed by atoms with E-state index >= 15 is 0 Å². The number of hydrogen-bond acceptors (Lipinski definition) is 4. The molecular weight excluding hydrogens is 288 g/mol. The van der Waals surface area contributed by atoms with E-state index in [2.05, 4.69) is 23.7 Å². The van der Waals surface area contributed by atoms with Crippen LogP contribution in [0, 0.1) is 23.7 Å². The first kappa shape index (κ1) is 15.3. The van der Waals surface area contributed by atoms with Crippen LogP contribution in [0.1, 0.15) is 22.3 Å². The van der Waals surface area contributed by atoms with Gasteiger partial charge in [0.2, 0.25) is 0 Å². The van der Waals surface area contributed by atoms with Crippen LogP contribution in [0.15, 0.2) is 18.2 Å². The Kier molecular flexibility index (Phi) is 4.82. The van der Waals surface area contributed by atoms with E-state index in [9.17, 15) is 8.42 Å². The van der Waals surface area contributed by atoms with Gasteiger partial charge in [0, 0.05) is 5.56 Å². The summed E-state index contributed by atoms with van der Waals surface area (Å²) in [7, 11) is -3.11. The maximum Gasteiger partial charge on any atom is 0.158 e. The van der Waals surface area contributed by atoms with Crippen molar-refractivity contribution in [2.45, 2.75) is 11.5 Å². The molecule has 2 N–H and O–H groups in total. The van der Waals surface area contributed by atoms with Crippen LogP contribution < -0.4 is 0 Å². The molecule has 1 heterocycles. The number of rotatable bonds is 1. The summed E-state index contributed by atoms with van der Waals surface area (Å²) in [6.45, 7) is -0.494. The molecule has 4 nitrogen and oxygen atoms in total. The van der Waals surface area contributed by atoms with Crippen molar-refractivity contribution in [3.05, 3.63) is 40.5 Å². The first-order valence-corrected chi connectivity index (χ1v) is 8.10. The average Bonchev–Trinajstić information content (AvgIpc) is 2.76. The molecule has 0 saturated carbocycles. The van der Waals surface area contributed by atoms with Crippen LogP contribution in [0.4, 0.5) is 0 Å². The molecule has 0 fully saturated rings. The highest BCUT2D eigenvalue weighted by molar-refractivity contribution is 7.90. The predicted molar refractivity (Wildman–Crippen MR) is 80.6 cm³/mol. The zero-order chi connectivity index (χ0) is 15.3. The first-order chi connectivity index (χ1) is 10.1. The van der Waals surface area contributed by atoms with Crippen LogP contribution >= 0.6 is 0 Å². The maximum atomic E-state index is 11.8. The van der Waals surface area contributed by atoms with E-state index < -0.39 is 9.84 Å². The SMILES string of the molecule is O=S1(=O)Cc2ccc(C#CCO)c(/C=C\C#CCO)c2C1. The van der Waals surface area contributed by atoms with Gasteiger partial charge in [-0.2, -0.15) is 0 Å². The molecule has 0 amide bonds. The minimum Gasteiger partial charge on any atom is -0.384 e. The van der Waals surface area contributed by atoms with Crippen molar-refractivity contribution in [3.63, 3.8) is 0 Å². The van der Waals surface area contributed by atoms with Gasteiger partial charge in [-0.25, -0.2) is 8.42 Å². The van der Waals surface area contributed by atoms with Gasteiger partial charge in [-0.05, 0) is 34.9 Å². The fraction of sp³-hybridized carbons (Fsp3) is 0.250. The molecule has 0 saturated heterocycles. The highest BCUT2D eigenvalue weighted by atomic mass is 32.2. The van der Waals surface area contributed by atoms with E-state index in [1.807, 2.05) is 0 Å². The lowest BCUT2D eigenvalue weighted by Crippen LogP contribution is -1.96. The second kappa shape index (κ2) is 6.60. The van der Waals surface area contributed by atoms with Gasteiger partial charge < -0.3 is 10.2 Å². The van der Waals surface area contributed by atoms with Gasteiger partial charge in [-0.1, -0.05) is 29.7 Å². The molecule has 1 aromatic carbocycles. The standard InChI is InChI=1S/C16H14O4S/c17-9-3-1-2-6-15-13(5-4-10-18)7-8-14-11-21(19,20)12-16(14)15/h2,6-8,17-18H,9-12H2/b6-2-. The number of fused-ring (bicyclic) bond motifs is 1. The number of aliphatic hydroxyl groups is 2. The summed E-state index contributed by atoms with van der Waals surface area (Å²) < 4.78 is 23.6. The molecule has 0 spiro atoms. The lowest BCUT2D eigenvalue weighted by Gasteiger charge is -2.05. The zero-order valence-electron chi connectivity index (χ0n) is 11.3. The average molecular weight is 302 g/mol. The summed E-state index contributed by atoms with van der Waals surface area (Å²) in [5.74, 6) is 10.6. The minimum absolute atomic E-state index is 0.00984. The predicted octanol–water partition coefficient (Wildman–Crippen LogP) is 0.468. The van der Waals surface area contributed by atoms with Gasteiger partial charge in [0.1, 0.15) is 13.2 Å². The fourth-order valence-corrected chi connectivity index (χ4v) is 3.81. The van der Waals surface area contributed by atoms with Crippen molar-refractivity contribution >= 4 is 15.9 Å². The van der Waals surface area contributed by atoms with Crippen LogP contribution in [0.5, 0.6) is 0 Å². The smallest absolute Gasteiger partial charge is 0.158 e. The first-order valence-electron chi connectivity index (χ1n) is 6.28. The Morgan fingerprint density at radius 1 is 1.14 bits per heavy atom. The third-order valence-electron chi connectivity index (χ3n) is 3.01. The zero-order valence-corrected chi connectivity index (χ0v) is 12.1. The fourth-order valence-electron chi connectivity index (χ4n) is 2.19.